The van der Waals surface area contributed by atoms with Crippen molar-refractivity contribution in [3.05, 3.63) is 16.7 Å². The Morgan fingerprint density at radius 1 is 1.71 bits per heavy atom. The molecule has 0 fully saturated rings. The number of ether oxygens (including phenoxy) is 1. The predicted molar refractivity (Wildman–Crippen MR) is 49.5 cm³/mol. The number of rotatable bonds is 3. The first-order valence-electron chi connectivity index (χ1n) is 4.11. The van der Waals surface area contributed by atoms with E-state index in [1.165, 1.54) is 11.0 Å². The number of fused-ring (bicyclic) bond motifs is 1. The van der Waals surface area contributed by atoms with Crippen LogP contribution in [0.3, 0.4) is 0 Å². The largest absolute Gasteiger partial charge is 0.346 e. The number of hydrogen-bond acceptors (Lipinski definition) is 4. The monoisotopic (exact) mass is 197 g/mol. The van der Waals surface area contributed by atoms with E-state index < -0.39 is 0 Å². The molecule has 0 radical (unpaired) electrons. The van der Waals surface area contributed by atoms with Crippen molar-refractivity contribution in [2.45, 2.75) is 6.73 Å². The van der Waals surface area contributed by atoms with Gasteiger partial charge in [-0.1, -0.05) is 0 Å². The second-order valence-corrected chi connectivity index (χ2v) is 2.89. The maximum absolute atomic E-state index is 11.6. The van der Waals surface area contributed by atoms with E-state index >= 15 is 0 Å². The standard InChI is InChI=1S/C7H11N5O2/c1-11-7(13)5-6(10-11)9-3-12(5)4-14-2-8/h3,10H,2,4,8H2,1H3. The van der Waals surface area contributed by atoms with Gasteiger partial charge < -0.3 is 15.0 Å². The highest BCUT2D eigenvalue weighted by atomic mass is 16.5. The van der Waals surface area contributed by atoms with Gasteiger partial charge in [0, 0.05) is 7.05 Å². The summed E-state index contributed by atoms with van der Waals surface area (Å²) >= 11 is 0. The summed E-state index contributed by atoms with van der Waals surface area (Å²) in [7, 11) is 1.64. The number of nitrogens with two attached hydrogens (primary N) is 1. The molecule has 0 aromatic carbocycles. The smallest absolute Gasteiger partial charge is 0.292 e. The average Bonchev–Trinajstić information content (AvgIpc) is 2.67. The molecule has 0 amide bonds. The molecule has 2 aromatic heterocycles. The van der Waals surface area contributed by atoms with Crippen molar-refractivity contribution >= 4 is 11.2 Å². The van der Waals surface area contributed by atoms with Gasteiger partial charge in [-0.3, -0.25) is 14.6 Å². The number of aryl methyl sites for hydroxylation is 1. The van der Waals surface area contributed by atoms with Gasteiger partial charge in [-0.15, -0.1) is 0 Å². The quantitative estimate of drug-likeness (QED) is 0.614. The second kappa shape index (κ2) is 3.28. The highest BCUT2D eigenvalue weighted by Crippen LogP contribution is 2.04. The van der Waals surface area contributed by atoms with Crippen LogP contribution in [0.2, 0.25) is 0 Å². The van der Waals surface area contributed by atoms with E-state index in [-0.39, 0.29) is 19.0 Å². The number of nitrogens with zero attached hydrogens (tertiary/aromatic N) is 3. The maximum Gasteiger partial charge on any atom is 0.292 e. The van der Waals surface area contributed by atoms with E-state index in [9.17, 15) is 4.79 Å². The van der Waals surface area contributed by atoms with Crippen LogP contribution in [0, 0.1) is 0 Å². The number of aromatic nitrogens is 4. The lowest BCUT2D eigenvalue weighted by Gasteiger charge is -2.00. The molecule has 7 nitrogen and oxygen atoms in total. The lowest BCUT2D eigenvalue weighted by atomic mass is 10.6. The van der Waals surface area contributed by atoms with E-state index in [0.29, 0.717) is 11.2 Å². The lowest BCUT2D eigenvalue weighted by Crippen LogP contribution is -2.16. The Bertz CT molecular complexity index is 494. The summed E-state index contributed by atoms with van der Waals surface area (Å²) < 4.78 is 7.97. The van der Waals surface area contributed by atoms with Crippen LogP contribution >= 0.6 is 0 Å². The molecule has 0 aliphatic rings. The first-order chi connectivity index (χ1) is 6.74. The first kappa shape index (κ1) is 8.97. The normalized spacial score (nSPS) is 11.3. The Morgan fingerprint density at radius 2 is 2.50 bits per heavy atom. The molecule has 2 aromatic rings. The Kier molecular flexibility index (Phi) is 2.10. The van der Waals surface area contributed by atoms with Crippen LogP contribution in [-0.4, -0.2) is 26.1 Å². The number of imidazole rings is 1. The molecule has 0 saturated carbocycles. The molecule has 2 heterocycles. The molecule has 0 spiro atoms. The van der Waals surface area contributed by atoms with E-state index in [1.54, 1.807) is 11.6 Å². The number of H-pyrrole nitrogens is 1. The minimum atomic E-state index is -0.127. The Morgan fingerprint density at radius 3 is 3.21 bits per heavy atom. The number of hydrogen-bond donors (Lipinski definition) is 2. The fourth-order valence-electron chi connectivity index (χ4n) is 1.31. The van der Waals surface area contributed by atoms with Gasteiger partial charge in [-0.2, -0.15) is 0 Å². The molecular formula is C7H11N5O2. The zero-order valence-corrected chi connectivity index (χ0v) is 7.73. The zero-order valence-electron chi connectivity index (χ0n) is 7.73. The number of aromatic amines is 1. The summed E-state index contributed by atoms with van der Waals surface area (Å²) in [4.78, 5) is 15.6. The van der Waals surface area contributed by atoms with Crippen LogP contribution in [0.15, 0.2) is 11.1 Å². The van der Waals surface area contributed by atoms with Crippen LogP contribution in [-0.2, 0) is 18.5 Å². The molecule has 76 valence electrons. The molecule has 0 bridgehead atoms. The topological polar surface area (TPSA) is 90.9 Å². The minimum absolute atomic E-state index is 0.115. The summed E-state index contributed by atoms with van der Waals surface area (Å²) in [6, 6.07) is 0. The highest BCUT2D eigenvalue weighted by molar-refractivity contribution is 5.69. The molecular weight excluding hydrogens is 186 g/mol. The second-order valence-electron chi connectivity index (χ2n) is 2.89. The van der Waals surface area contributed by atoms with Gasteiger partial charge in [0.15, 0.2) is 11.2 Å². The minimum Gasteiger partial charge on any atom is -0.346 e. The third kappa shape index (κ3) is 1.22. The SMILES string of the molecule is Cn1[nH]c2ncn(COCN)c2c1=O. The Balaban J connectivity index is 2.50. The molecule has 0 aliphatic carbocycles. The van der Waals surface area contributed by atoms with Gasteiger partial charge >= 0.3 is 0 Å². The van der Waals surface area contributed by atoms with Gasteiger partial charge in [0.2, 0.25) is 0 Å². The summed E-state index contributed by atoms with van der Waals surface area (Å²) in [5, 5.41) is 2.81. The van der Waals surface area contributed by atoms with E-state index in [4.69, 9.17) is 10.5 Å². The van der Waals surface area contributed by atoms with Crippen molar-refractivity contribution < 1.29 is 4.74 Å². The van der Waals surface area contributed by atoms with Crippen LogP contribution in [0.1, 0.15) is 0 Å². The fourth-order valence-corrected chi connectivity index (χ4v) is 1.31. The van der Waals surface area contributed by atoms with Crippen LogP contribution in [0.5, 0.6) is 0 Å². The van der Waals surface area contributed by atoms with Gasteiger partial charge in [0.05, 0.1) is 13.1 Å². The summed E-state index contributed by atoms with van der Waals surface area (Å²) in [5.41, 5.74) is 6.11. The fraction of sp³-hybridized carbons (Fsp3) is 0.429. The Hall–Kier alpha value is -1.60. The van der Waals surface area contributed by atoms with E-state index in [2.05, 4.69) is 10.1 Å². The molecule has 14 heavy (non-hydrogen) atoms. The number of nitrogens with one attached hydrogen (secondary N) is 1. The van der Waals surface area contributed by atoms with Crippen LogP contribution < -0.4 is 11.3 Å². The van der Waals surface area contributed by atoms with E-state index in [1.807, 2.05) is 0 Å². The average molecular weight is 197 g/mol. The van der Waals surface area contributed by atoms with Crippen molar-refractivity contribution in [3.8, 4) is 0 Å². The van der Waals surface area contributed by atoms with Crippen molar-refractivity contribution in [3.63, 3.8) is 0 Å². The molecule has 7 heteroatoms. The first-order valence-corrected chi connectivity index (χ1v) is 4.11. The van der Waals surface area contributed by atoms with Gasteiger partial charge in [0.25, 0.3) is 5.56 Å². The van der Waals surface area contributed by atoms with Crippen LogP contribution in [0.25, 0.3) is 11.2 Å². The predicted octanol–water partition coefficient (Wildman–Crippen LogP) is -1.05. The third-order valence-corrected chi connectivity index (χ3v) is 1.97. The van der Waals surface area contributed by atoms with Gasteiger partial charge in [-0.05, 0) is 0 Å². The van der Waals surface area contributed by atoms with E-state index in [0.717, 1.165) is 0 Å². The van der Waals surface area contributed by atoms with Crippen molar-refractivity contribution in [2.75, 3.05) is 6.73 Å². The van der Waals surface area contributed by atoms with Crippen molar-refractivity contribution in [1.29, 1.82) is 0 Å². The van der Waals surface area contributed by atoms with Crippen molar-refractivity contribution in [2.24, 2.45) is 12.8 Å². The summed E-state index contributed by atoms with van der Waals surface area (Å²) in [5.74, 6) is 0. The van der Waals surface area contributed by atoms with Crippen LogP contribution in [0.4, 0.5) is 0 Å². The van der Waals surface area contributed by atoms with Gasteiger partial charge in [-0.25, -0.2) is 4.98 Å². The molecule has 0 saturated heterocycles. The summed E-state index contributed by atoms with van der Waals surface area (Å²) in [6.45, 7) is 0.352. The Labute approximate surface area is 79.1 Å². The summed E-state index contributed by atoms with van der Waals surface area (Å²) in [6.07, 6.45) is 1.54. The molecule has 0 unspecified atom stereocenters. The highest BCUT2D eigenvalue weighted by Gasteiger charge is 2.10. The molecule has 0 atom stereocenters. The molecule has 3 N–H and O–H groups in total. The third-order valence-electron chi connectivity index (χ3n) is 1.97. The maximum atomic E-state index is 11.6. The lowest BCUT2D eigenvalue weighted by molar-refractivity contribution is 0.0848. The van der Waals surface area contributed by atoms with Gasteiger partial charge in [0.1, 0.15) is 6.73 Å². The molecule has 0 aliphatic heterocycles. The molecule has 2 rings (SSSR count). The zero-order chi connectivity index (χ0) is 10.1. The van der Waals surface area contributed by atoms with Crippen molar-refractivity contribution in [1.82, 2.24) is 19.3 Å².